The molecule has 0 aliphatic heterocycles. The lowest BCUT2D eigenvalue weighted by molar-refractivity contribution is 0.0737. The Balaban J connectivity index is 2.02. The lowest BCUT2D eigenvalue weighted by atomic mass is 9.75. The summed E-state index contributed by atoms with van der Waals surface area (Å²) in [5, 5.41) is 6.53. The molecule has 0 saturated heterocycles. The van der Waals surface area contributed by atoms with E-state index in [0.29, 0.717) is 11.9 Å². The SMILES string of the molecule is CCNc1nc(Cl)nc(NCC2(N(C)C)CCC2)n1. The molecule has 0 bridgehead atoms. The van der Waals surface area contributed by atoms with Gasteiger partial charge in [-0.15, -0.1) is 0 Å². The van der Waals surface area contributed by atoms with E-state index < -0.39 is 0 Å². The van der Waals surface area contributed by atoms with Gasteiger partial charge in [0, 0.05) is 18.6 Å². The van der Waals surface area contributed by atoms with Gasteiger partial charge in [0.1, 0.15) is 0 Å². The van der Waals surface area contributed by atoms with Gasteiger partial charge in [0.25, 0.3) is 0 Å². The summed E-state index contributed by atoms with van der Waals surface area (Å²) >= 11 is 5.89. The zero-order valence-corrected chi connectivity index (χ0v) is 12.5. The van der Waals surface area contributed by atoms with E-state index in [9.17, 15) is 0 Å². The Morgan fingerprint density at radius 1 is 1.16 bits per heavy atom. The molecular weight excluding hydrogens is 264 g/mol. The van der Waals surface area contributed by atoms with Crippen molar-refractivity contribution in [2.24, 2.45) is 0 Å². The highest BCUT2D eigenvalue weighted by Crippen LogP contribution is 2.36. The maximum absolute atomic E-state index is 5.89. The van der Waals surface area contributed by atoms with Gasteiger partial charge in [-0.3, -0.25) is 0 Å². The van der Waals surface area contributed by atoms with Crippen molar-refractivity contribution < 1.29 is 0 Å². The molecule has 6 nitrogen and oxygen atoms in total. The van der Waals surface area contributed by atoms with Crippen LogP contribution in [0.2, 0.25) is 5.28 Å². The summed E-state index contributed by atoms with van der Waals surface area (Å²) in [6.45, 7) is 3.56. The Morgan fingerprint density at radius 3 is 2.26 bits per heavy atom. The second kappa shape index (κ2) is 5.88. The minimum Gasteiger partial charge on any atom is -0.354 e. The summed E-state index contributed by atoms with van der Waals surface area (Å²) < 4.78 is 0. The van der Waals surface area contributed by atoms with Crippen LogP contribution in [0, 0.1) is 0 Å². The fraction of sp³-hybridized carbons (Fsp3) is 0.750. The van der Waals surface area contributed by atoms with Crippen molar-refractivity contribution in [2.75, 3.05) is 37.8 Å². The third kappa shape index (κ3) is 3.25. The van der Waals surface area contributed by atoms with Crippen LogP contribution in [0.25, 0.3) is 0 Å². The predicted molar refractivity (Wildman–Crippen MR) is 77.8 cm³/mol. The van der Waals surface area contributed by atoms with E-state index in [1.54, 1.807) is 0 Å². The second-order valence-electron chi connectivity index (χ2n) is 5.11. The van der Waals surface area contributed by atoms with Gasteiger partial charge in [0.15, 0.2) is 0 Å². The molecule has 0 radical (unpaired) electrons. The van der Waals surface area contributed by atoms with E-state index in [-0.39, 0.29) is 10.8 Å². The number of hydrogen-bond donors (Lipinski definition) is 2. The first kappa shape index (κ1) is 14.3. The van der Waals surface area contributed by atoms with E-state index in [1.807, 2.05) is 6.92 Å². The molecule has 2 N–H and O–H groups in total. The Morgan fingerprint density at radius 2 is 1.79 bits per heavy atom. The van der Waals surface area contributed by atoms with Crippen LogP contribution < -0.4 is 10.6 Å². The molecule has 0 amide bonds. The number of nitrogens with zero attached hydrogens (tertiary/aromatic N) is 4. The third-order valence-electron chi connectivity index (χ3n) is 3.75. The van der Waals surface area contributed by atoms with E-state index >= 15 is 0 Å². The largest absolute Gasteiger partial charge is 0.354 e. The minimum absolute atomic E-state index is 0.209. The Kier molecular flexibility index (Phi) is 4.42. The molecule has 7 heteroatoms. The van der Waals surface area contributed by atoms with Crippen LogP contribution in [-0.2, 0) is 0 Å². The molecule has 1 aliphatic rings. The Labute approximate surface area is 119 Å². The van der Waals surface area contributed by atoms with E-state index in [0.717, 1.165) is 13.1 Å². The molecule has 2 rings (SSSR count). The van der Waals surface area contributed by atoms with Gasteiger partial charge < -0.3 is 15.5 Å². The van der Waals surface area contributed by atoms with Crippen LogP contribution in [-0.4, -0.2) is 52.6 Å². The molecule has 1 aliphatic carbocycles. The fourth-order valence-electron chi connectivity index (χ4n) is 2.28. The van der Waals surface area contributed by atoms with Crippen molar-refractivity contribution in [3.05, 3.63) is 5.28 Å². The Bertz CT molecular complexity index is 432. The van der Waals surface area contributed by atoms with Crippen molar-refractivity contribution in [1.29, 1.82) is 0 Å². The standard InChI is InChI=1S/C12H21ClN6/c1-4-14-10-16-9(13)17-11(18-10)15-8-12(19(2)3)6-5-7-12/h4-8H2,1-3H3,(H2,14,15,16,17,18). The molecule has 0 aromatic carbocycles. The van der Waals surface area contributed by atoms with Crippen LogP contribution in [0.3, 0.4) is 0 Å². The zero-order valence-electron chi connectivity index (χ0n) is 11.7. The van der Waals surface area contributed by atoms with Crippen LogP contribution in [0.1, 0.15) is 26.2 Å². The summed E-state index contributed by atoms with van der Waals surface area (Å²) in [6, 6.07) is 0. The molecule has 106 valence electrons. The first-order chi connectivity index (χ1) is 9.05. The summed E-state index contributed by atoms with van der Waals surface area (Å²) in [6.07, 6.45) is 3.68. The van der Waals surface area contributed by atoms with Gasteiger partial charge in [-0.25, -0.2) is 0 Å². The van der Waals surface area contributed by atoms with Crippen molar-refractivity contribution in [2.45, 2.75) is 31.7 Å². The summed E-state index contributed by atoms with van der Waals surface area (Å²) in [4.78, 5) is 14.7. The van der Waals surface area contributed by atoms with Crippen molar-refractivity contribution in [3.63, 3.8) is 0 Å². The highest BCUT2D eigenvalue weighted by atomic mass is 35.5. The monoisotopic (exact) mass is 284 g/mol. The summed E-state index contributed by atoms with van der Waals surface area (Å²) in [7, 11) is 4.23. The van der Waals surface area contributed by atoms with Gasteiger partial charge in [-0.1, -0.05) is 0 Å². The number of hydrogen-bond acceptors (Lipinski definition) is 6. The average molecular weight is 285 g/mol. The molecule has 0 spiro atoms. The number of halogens is 1. The highest BCUT2D eigenvalue weighted by molar-refractivity contribution is 6.28. The third-order valence-corrected chi connectivity index (χ3v) is 3.92. The second-order valence-corrected chi connectivity index (χ2v) is 5.45. The number of rotatable bonds is 6. The van der Waals surface area contributed by atoms with Crippen molar-refractivity contribution in [1.82, 2.24) is 19.9 Å². The molecule has 1 heterocycles. The van der Waals surface area contributed by atoms with Crippen LogP contribution in [0.4, 0.5) is 11.9 Å². The summed E-state index contributed by atoms with van der Waals surface area (Å²) in [5.41, 5.74) is 0.220. The number of nitrogens with one attached hydrogen (secondary N) is 2. The van der Waals surface area contributed by atoms with E-state index in [4.69, 9.17) is 11.6 Å². The highest BCUT2D eigenvalue weighted by Gasteiger charge is 2.38. The van der Waals surface area contributed by atoms with Crippen LogP contribution in [0.15, 0.2) is 0 Å². The molecule has 0 unspecified atom stereocenters. The van der Waals surface area contributed by atoms with Gasteiger partial charge >= 0.3 is 0 Å². The van der Waals surface area contributed by atoms with E-state index in [2.05, 4.69) is 44.6 Å². The maximum Gasteiger partial charge on any atom is 0.228 e. The first-order valence-electron chi connectivity index (χ1n) is 6.62. The molecule has 1 aromatic heterocycles. The average Bonchev–Trinajstić information content (AvgIpc) is 2.26. The number of anilines is 2. The maximum atomic E-state index is 5.89. The van der Waals surface area contributed by atoms with Crippen LogP contribution in [0.5, 0.6) is 0 Å². The normalized spacial score (nSPS) is 17.1. The van der Waals surface area contributed by atoms with E-state index in [1.165, 1.54) is 19.3 Å². The fourth-order valence-corrected chi connectivity index (χ4v) is 2.44. The van der Waals surface area contributed by atoms with Crippen molar-refractivity contribution >= 4 is 23.5 Å². The van der Waals surface area contributed by atoms with Gasteiger partial charge in [0.05, 0.1) is 0 Å². The smallest absolute Gasteiger partial charge is 0.228 e. The summed E-state index contributed by atoms with van der Waals surface area (Å²) in [5.74, 6) is 1.04. The number of aromatic nitrogens is 3. The molecular formula is C12H21ClN6. The minimum atomic E-state index is 0.209. The molecule has 19 heavy (non-hydrogen) atoms. The zero-order chi connectivity index (χ0) is 13.9. The Hall–Kier alpha value is -1.14. The lowest BCUT2D eigenvalue weighted by Gasteiger charge is -2.47. The van der Waals surface area contributed by atoms with Gasteiger partial charge in [-0.2, -0.15) is 15.0 Å². The topological polar surface area (TPSA) is 66.0 Å². The van der Waals surface area contributed by atoms with Crippen molar-refractivity contribution in [3.8, 4) is 0 Å². The molecule has 0 atom stereocenters. The number of likely N-dealkylation sites (N-methyl/N-ethyl adjacent to an activating group) is 1. The quantitative estimate of drug-likeness (QED) is 0.831. The van der Waals surface area contributed by atoms with Gasteiger partial charge in [-0.05, 0) is 51.9 Å². The van der Waals surface area contributed by atoms with Crippen LogP contribution >= 0.6 is 11.6 Å². The first-order valence-corrected chi connectivity index (χ1v) is 7.00. The lowest BCUT2D eigenvalue weighted by Crippen LogP contribution is -2.54. The molecule has 1 saturated carbocycles. The molecule has 1 aromatic rings. The molecule has 1 fully saturated rings. The van der Waals surface area contributed by atoms with Gasteiger partial charge in [0.2, 0.25) is 17.2 Å². The predicted octanol–water partition coefficient (Wildman–Crippen LogP) is 1.85.